The van der Waals surface area contributed by atoms with Crippen LogP contribution in [-0.4, -0.2) is 36.1 Å². The van der Waals surface area contributed by atoms with Gasteiger partial charge in [0.1, 0.15) is 0 Å². The van der Waals surface area contributed by atoms with Crippen molar-refractivity contribution in [2.45, 2.75) is 39.7 Å². The van der Waals surface area contributed by atoms with Crippen molar-refractivity contribution in [2.75, 3.05) is 13.1 Å². The van der Waals surface area contributed by atoms with Crippen molar-refractivity contribution in [1.29, 1.82) is 0 Å². The smallest absolute Gasteiger partial charge is 0.310 e. The second-order valence-corrected chi connectivity index (χ2v) is 5.48. The van der Waals surface area contributed by atoms with Crippen molar-refractivity contribution < 1.29 is 14.7 Å². The van der Waals surface area contributed by atoms with E-state index in [-0.39, 0.29) is 18.4 Å². The highest BCUT2D eigenvalue weighted by molar-refractivity contribution is 5.80. The van der Waals surface area contributed by atoms with Gasteiger partial charge in [0.2, 0.25) is 5.91 Å². The van der Waals surface area contributed by atoms with Crippen LogP contribution in [0.5, 0.6) is 0 Å². The quantitative estimate of drug-likeness (QED) is 0.674. The van der Waals surface area contributed by atoms with Crippen molar-refractivity contribution >= 4 is 11.9 Å². The molecule has 5 heteroatoms. The predicted octanol–water partition coefficient (Wildman–Crippen LogP) is 0.602. The molecule has 1 fully saturated rings. The van der Waals surface area contributed by atoms with Gasteiger partial charge in [-0.2, -0.15) is 0 Å². The van der Waals surface area contributed by atoms with E-state index in [0.717, 1.165) is 19.4 Å². The highest BCUT2D eigenvalue weighted by Crippen LogP contribution is 2.18. The highest BCUT2D eigenvalue weighted by Gasteiger charge is 2.30. The van der Waals surface area contributed by atoms with Gasteiger partial charge in [0, 0.05) is 18.5 Å². The lowest BCUT2D eigenvalue weighted by molar-refractivity contribution is -0.146. The van der Waals surface area contributed by atoms with Crippen LogP contribution in [0, 0.1) is 11.3 Å². The fourth-order valence-electron chi connectivity index (χ4n) is 1.90. The van der Waals surface area contributed by atoms with E-state index in [1.165, 1.54) is 0 Å². The summed E-state index contributed by atoms with van der Waals surface area (Å²) in [5.74, 6) is -0.903. The Morgan fingerprint density at radius 2 is 2.12 bits per heavy atom. The minimum Gasteiger partial charge on any atom is -0.481 e. The minimum atomic E-state index is -0.909. The average molecular weight is 242 g/mol. The van der Waals surface area contributed by atoms with Crippen LogP contribution in [0.3, 0.4) is 0 Å². The number of carbonyl (C=O) groups excluding carboxylic acids is 1. The molecule has 0 radical (unpaired) electrons. The molecule has 2 unspecified atom stereocenters. The predicted molar refractivity (Wildman–Crippen MR) is 64.6 cm³/mol. The molecular weight excluding hydrogens is 220 g/mol. The zero-order valence-corrected chi connectivity index (χ0v) is 10.7. The topological polar surface area (TPSA) is 78.4 Å². The van der Waals surface area contributed by atoms with Crippen LogP contribution in [0.2, 0.25) is 0 Å². The third-order valence-electron chi connectivity index (χ3n) is 3.28. The van der Waals surface area contributed by atoms with Crippen LogP contribution in [-0.2, 0) is 9.59 Å². The fraction of sp³-hybridized carbons (Fsp3) is 0.833. The molecule has 1 heterocycles. The van der Waals surface area contributed by atoms with E-state index in [4.69, 9.17) is 5.11 Å². The van der Waals surface area contributed by atoms with E-state index < -0.39 is 11.4 Å². The SMILES string of the molecule is CC1CC(C(=O)NCC(C)(C)C(=O)O)CCN1. The van der Waals surface area contributed by atoms with Crippen molar-refractivity contribution in [3.05, 3.63) is 0 Å². The van der Waals surface area contributed by atoms with Gasteiger partial charge in [-0.1, -0.05) is 0 Å². The van der Waals surface area contributed by atoms with Crippen LogP contribution in [0.1, 0.15) is 33.6 Å². The van der Waals surface area contributed by atoms with E-state index in [1.54, 1.807) is 13.8 Å². The molecule has 1 saturated heterocycles. The Hall–Kier alpha value is -1.10. The lowest BCUT2D eigenvalue weighted by Gasteiger charge is -2.28. The summed E-state index contributed by atoms with van der Waals surface area (Å²) in [6.07, 6.45) is 1.64. The lowest BCUT2D eigenvalue weighted by atomic mass is 9.90. The number of nitrogens with one attached hydrogen (secondary N) is 2. The van der Waals surface area contributed by atoms with E-state index in [9.17, 15) is 9.59 Å². The van der Waals surface area contributed by atoms with E-state index >= 15 is 0 Å². The molecule has 0 aliphatic carbocycles. The highest BCUT2D eigenvalue weighted by atomic mass is 16.4. The summed E-state index contributed by atoms with van der Waals surface area (Å²) in [7, 11) is 0. The standard InChI is InChI=1S/C12H22N2O3/c1-8-6-9(4-5-13-8)10(15)14-7-12(2,3)11(16)17/h8-9,13H,4-7H2,1-3H3,(H,14,15)(H,16,17). The molecule has 0 aromatic heterocycles. The van der Waals surface area contributed by atoms with Gasteiger partial charge in [-0.25, -0.2) is 0 Å². The number of rotatable bonds is 4. The maximum absolute atomic E-state index is 11.9. The number of hydrogen-bond donors (Lipinski definition) is 3. The summed E-state index contributed by atoms with van der Waals surface area (Å²) >= 11 is 0. The van der Waals surface area contributed by atoms with Gasteiger partial charge in [-0.05, 0) is 40.2 Å². The van der Waals surface area contributed by atoms with Crippen molar-refractivity contribution in [1.82, 2.24) is 10.6 Å². The molecule has 0 spiro atoms. The largest absolute Gasteiger partial charge is 0.481 e. The van der Waals surface area contributed by atoms with E-state index in [1.807, 2.05) is 0 Å². The Labute approximate surface area is 102 Å². The molecule has 98 valence electrons. The first-order valence-corrected chi connectivity index (χ1v) is 6.07. The summed E-state index contributed by atoms with van der Waals surface area (Å²) < 4.78 is 0. The van der Waals surface area contributed by atoms with Crippen LogP contribution in [0.25, 0.3) is 0 Å². The zero-order valence-electron chi connectivity index (χ0n) is 10.7. The van der Waals surface area contributed by atoms with Crippen molar-refractivity contribution in [3.63, 3.8) is 0 Å². The number of amides is 1. The Morgan fingerprint density at radius 3 is 2.65 bits per heavy atom. The van der Waals surface area contributed by atoms with Gasteiger partial charge in [-0.15, -0.1) is 0 Å². The first kappa shape index (κ1) is 14.0. The van der Waals surface area contributed by atoms with Crippen LogP contribution < -0.4 is 10.6 Å². The van der Waals surface area contributed by atoms with Gasteiger partial charge < -0.3 is 15.7 Å². The van der Waals surface area contributed by atoms with Gasteiger partial charge in [0.25, 0.3) is 0 Å². The average Bonchev–Trinajstić information content (AvgIpc) is 2.25. The van der Waals surface area contributed by atoms with Crippen molar-refractivity contribution in [3.8, 4) is 0 Å². The van der Waals surface area contributed by atoms with E-state index in [2.05, 4.69) is 17.6 Å². The van der Waals surface area contributed by atoms with E-state index in [0.29, 0.717) is 6.04 Å². The molecule has 0 aromatic carbocycles. The van der Waals surface area contributed by atoms with Gasteiger partial charge in [0.05, 0.1) is 5.41 Å². The molecule has 0 aromatic rings. The van der Waals surface area contributed by atoms with Crippen LogP contribution >= 0.6 is 0 Å². The Kier molecular flexibility index (Phi) is 4.51. The van der Waals surface area contributed by atoms with Gasteiger partial charge in [-0.3, -0.25) is 9.59 Å². The number of carboxylic acid groups (broad SMARTS) is 1. The van der Waals surface area contributed by atoms with Gasteiger partial charge >= 0.3 is 5.97 Å². The maximum atomic E-state index is 11.9. The first-order valence-electron chi connectivity index (χ1n) is 6.07. The number of piperidine rings is 1. The first-order chi connectivity index (χ1) is 7.83. The van der Waals surface area contributed by atoms with Gasteiger partial charge in [0.15, 0.2) is 0 Å². The summed E-state index contributed by atoms with van der Waals surface area (Å²) in [6, 6.07) is 0.354. The molecule has 1 rings (SSSR count). The Balaban J connectivity index is 2.41. The summed E-state index contributed by atoms with van der Waals surface area (Å²) in [6.45, 7) is 6.31. The minimum absolute atomic E-state index is 0.0100. The molecule has 5 nitrogen and oxygen atoms in total. The maximum Gasteiger partial charge on any atom is 0.310 e. The molecule has 0 saturated carbocycles. The Morgan fingerprint density at radius 1 is 1.47 bits per heavy atom. The third-order valence-corrected chi connectivity index (χ3v) is 3.28. The molecule has 1 aliphatic rings. The van der Waals surface area contributed by atoms with Crippen LogP contribution in [0.15, 0.2) is 0 Å². The number of carboxylic acids is 1. The Bertz CT molecular complexity index is 302. The third kappa shape index (κ3) is 4.00. The second kappa shape index (κ2) is 5.49. The summed E-state index contributed by atoms with van der Waals surface area (Å²) in [5.41, 5.74) is -0.909. The normalized spacial score (nSPS) is 25.4. The molecule has 2 atom stereocenters. The number of aliphatic carboxylic acids is 1. The monoisotopic (exact) mass is 242 g/mol. The molecular formula is C12H22N2O3. The summed E-state index contributed by atoms with van der Waals surface area (Å²) in [4.78, 5) is 22.8. The zero-order chi connectivity index (χ0) is 13.1. The lowest BCUT2D eigenvalue weighted by Crippen LogP contribution is -2.45. The molecule has 3 N–H and O–H groups in total. The van der Waals surface area contributed by atoms with Crippen LogP contribution in [0.4, 0.5) is 0 Å². The number of hydrogen-bond acceptors (Lipinski definition) is 3. The summed E-state index contributed by atoms with van der Waals surface area (Å²) in [5, 5.41) is 15.0. The molecule has 17 heavy (non-hydrogen) atoms. The van der Waals surface area contributed by atoms with Crippen molar-refractivity contribution in [2.24, 2.45) is 11.3 Å². The number of carbonyl (C=O) groups is 2. The second-order valence-electron chi connectivity index (χ2n) is 5.48. The molecule has 1 aliphatic heterocycles. The molecule has 0 bridgehead atoms. The molecule has 1 amide bonds. The fourth-order valence-corrected chi connectivity index (χ4v) is 1.90.